The summed E-state index contributed by atoms with van der Waals surface area (Å²) in [6.45, 7) is 9.47. The Labute approximate surface area is 175 Å². The zero-order valence-corrected chi connectivity index (χ0v) is 18.0. The molecule has 0 unspecified atom stereocenters. The number of rotatable bonds is 8. The van der Waals surface area contributed by atoms with Gasteiger partial charge in [-0.3, -0.25) is 4.79 Å². The molecule has 4 heteroatoms. The van der Waals surface area contributed by atoms with Crippen LogP contribution >= 0.6 is 0 Å². The van der Waals surface area contributed by atoms with Gasteiger partial charge in [0.05, 0.1) is 0 Å². The molecular formula is C25H34N2O2. The van der Waals surface area contributed by atoms with Gasteiger partial charge in [-0.2, -0.15) is 0 Å². The Kier molecular flexibility index (Phi) is 7.70. The predicted octanol–water partition coefficient (Wildman–Crippen LogP) is 4.70. The van der Waals surface area contributed by atoms with Crippen molar-refractivity contribution in [2.24, 2.45) is 5.92 Å². The van der Waals surface area contributed by atoms with Crippen LogP contribution in [0.3, 0.4) is 0 Å². The quantitative estimate of drug-likeness (QED) is 0.706. The molecule has 0 aliphatic carbocycles. The van der Waals surface area contributed by atoms with Gasteiger partial charge in [-0.1, -0.05) is 55.8 Å². The van der Waals surface area contributed by atoms with E-state index in [1.54, 1.807) is 0 Å². The number of nitrogens with zero attached hydrogens (tertiary/aromatic N) is 1. The van der Waals surface area contributed by atoms with E-state index >= 15 is 0 Å². The summed E-state index contributed by atoms with van der Waals surface area (Å²) in [6, 6.07) is 17.2. The van der Waals surface area contributed by atoms with Crippen molar-refractivity contribution in [3.63, 3.8) is 0 Å². The van der Waals surface area contributed by atoms with E-state index in [4.69, 9.17) is 4.74 Å². The van der Waals surface area contributed by atoms with Crippen LogP contribution in [0.15, 0.2) is 48.5 Å². The van der Waals surface area contributed by atoms with Gasteiger partial charge in [-0.25, -0.2) is 0 Å². The molecule has 1 heterocycles. The number of aryl methyl sites for hydroxylation is 1. The van der Waals surface area contributed by atoms with Gasteiger partial charge in [-0.05, 0) is 48.9 Å². The molecule has 0 spiro atoms. The van der Waals surface area contributed by atoms with Gasteiger partial charge in [0.15, 0.2) is 0 Å². The number of carbonyl (C=O) groups is 1. The van der Waals surface area contributed by atoms with Crippen molar-refractivity contribution in [3.8, 4) is 5.75 Å². The van der Waals surface area contributed by atoms with E-state index in [1.165, 1.54) is 16.7 Å². The van der Waals surface area contributed by atoms with Crippen LogP contribution < -0.4 is 10.1 Å². The monoisotopic (exact) mass is 394 g/mol. The van der Waals surface area contributed by atoms with Crippen LogP contribution in [0.25, 0.3) is 0 Å². The average molecular weight is 395 g/mol. The number of carbonyl (C=O) groups excluding carboxylic acids is 1. The summed E-state index contributed by atoms with van der Waals surface area (Å²) in [5.74, 6) is 1.63. The molecule has 1 N–H and O–H groups in total. The van der Waals surface area contributed by atoms with Crippen molar-refractivity contribution in [2.75, 3.05) is 13.1 Å². The smallest absolute Gasteiger partial charge is 0.222 e. The summed E-state index contributed by atoms with van der Waals surface area (Å²) >= 11 is 0. The van der Waals surface area contributed by atoms with Gasteiger partial charge >= 0.3 is 0 Å². The minimum Gasteiger partial charge on any atom is -0.489 e. The van der Waals surface area contributed by atoms with Crippen LogP contribution in [0.1, 0.15) is 49.8 Å². The van der Waals surface area contributed by atoms with Crippen molar-refractivity contribution in [3.05, 3.63) is 65.2 Å². The van der Waals surface area contributed by atoms with Gasteiger partial charge in [0.25, 0.3) is 0 Å². The average Bonchev–Trinajstić information content (AvgIpc) is 2.72. The lowest BCUT2D eigenvalue weighted by Gasteiger charge is -2.33. The van der Waals surface area contributed by atoms with Crippen molar-refractivity contribution in [1.82, 2.24) is 10.2 Å². The summed E-state index contributed by atoms with van der Waals surface area (Å²) < 4.78 is 5.89. The molecule has 2 aromatic carbocycles. The van der Waals surface area contributed by atoms with Crippen LogP contribution in [0.5, 0.6) is 5.75 Å². The van der Waals surface area contributed by atoms with Crippen molar-refractivity contribution >= 4 is 5.91 Å². The van der Waals surface area contributed by atoms with Crippen molar-refractivity contribution in [1.29, 1.82) is 0 Å². The second-order valence-corrected chi connectivity index (χ2v) is 8.55. The third-order valence-electron chi connectivity index (χ3n) is 5.47. The van der Waals surface area contributed by atoms with E-state index in [0.717, 1.165) is 38.2 Å². The highest BCUT2D eigenvalue weighted by molar-refractivity contribution is 5.76. The number of amides is 1. The van der Waals surface area contributed by atoms with Crippen LogP contribution in [0, 0.1) is 12.8 Å². The minimum atomic E-state index is 0.305. The lowest BCUT2D eigenvalue weighted by molar-refractivity contribution is -0.133. The fourth-order valence-electron chi connectivity index (χ4n) is 3.63. The van der Waals surface area contributed by atoms with Crippen LogP contribution in [-0.4, -0.2) is 29.9 Å². The molecule has 0 radical (unpaired) electrons. The third kappa shape index (κ3) is 6.90. The van der Waals surface area contributed by atoms with Crippen LogP contribution in [0.2, 0.25) is 0 Å². The number of likely N-dealkylation sites (tertiary alicyclic amines) is 1. The molecule has 1 fully saturated rings. The third-order valence-corrected chi connectivity index (χ3v) is 5.47. The zero-order chi connectivity index (χ0) is 20.6. The number of benzene rings is 2. The van der Waals surface area contributed by atoms with Gasteiger partial charge in [0, 0.05) is 32.1 Å². The maximum Gasteiger partial charge on any atom is 0.222 e. The molecule has 29 heavy (non-hydrogen) atoms. The van der Waals surface area contributed by atoms with Gasteiger partial charge in [0.2, 0.25) is 5.91 Å². The Hall–Kier alpha value is -2.33. The molecule has 0 saturated carbocycles. The molecular weight excluding hydrogens is 360 g/mol. The molecule has 1 aliphatic rings. The van der Waals surface area contributed by atoms with E-state index in [2.05, 4.69) is 62.5 Å². The minimum absolute atomic E-state index is 0.305. The van der Waals surface area contributed by atoms with Crippen LogP contribution in [0.4, 0.5) is 0 Å². The highest BCUT2D eigenvalue weighted by Crippen LogP contribution is 2.17. The van der Waals surface area contributed by atoms with Crippen LogP contribution in [-0.2, 0) is 17.9 Å². The highest BCUT2D eigenvalue weighted by Gasteiger charge is 2.22. The fourth-order valence-corrected chi connectivity index (χ4v) is 3.63. The molecule has 0 aromatic heterocycles. The van der Waals surface area contributed by atoms with E-state index in [0.29, 0.717) is 30.9 Å². The molecule has 1 amide bonds. The Morgan fingerprint density at radius 1 is 1.03 bits per heavy atom. The lowest BCUT2D eigenvalue weighted by atomic mass is 10.0. The summed E-state index contributed by atoms with van der Waals surface area (Å²) in [4.78, 5) is 14.2. The van der Waals surface area contributed by atoms with Crippen molar-refractivity contribution in [2.45, 2.75) is 59.2 Å². The van der Waals surface area contributed by atoms with E-state index in [-0.39, 0.29) is 0 Å². The lowest BCUT2D eigenvalue weighted by Crippen LogP contribution is -2.44. The molecule has 156 valence electrons. The highest BCUT2D eigenvalue weighted by atomic mass is 16.5. The Morgan fingerprint density at radius 3 is 2.28 bits per heavy atom. The maximum atomic E-state index is 12.2. The Balaban J connectivity index is 1.38. The normalized spacial score (nSPS) is 15.0. The van der Waals surface area contributed by atoms with Gasteiger partial charge in [0.1, 0.15) is 12.4 Å². The standard InChI is InChI=1S/C25H34N2O2/c1-19(2)16-25(28)27-14-12-23(13-15-27)26-17-21-8-10-24(11-9-21)29-18-22-6-4-20(3)5-7-22/h4-11,19,23,26H,12-18H2,1-3H3. The molecule has 3 rings (SSSR count). The topological polar surface area (TPSA) is 41.6 Å². The first-order valence-corrected chi connectivity index (χ1v) is 10.8. The first-order valence-electron chi connectivity index (χ1n) is 10.8. The van der Waals surface area contributed by atoms with E-state index < -0.39 is 0 Å². The number of ether oxygens (including phenoxy) is 1. The molecule has 1 saturated heterocycles. The number of hydrogen-bond donors (Lipinski definition) is 1. The maximum absolute atomic E-state index is 12.2. The summed E-state index contributed by atoms with van der Waals surface area (Å²) in [6.07, 6.45) is 2.72. The molecule has 0 bridgehead atoms. The second-order valence-electron chi connectivity index (χ2n) is 8.55. The largest absolute Gasteiger partial charge is 0.489 e. The van der Waals surface area contributed by atoms with Gasteiger partial charge in [-0.15, -0.1) is 0 Å². The number of piperidine rings is 1. The summed E-state index contributed by atoms with van der Waals surface area (Å²) in [7, 11) is 0. The Bertz CT molecular complexity index is 760. The van der Waals surface area contributed by atoms with Gasteiger partial charge < -0.3 is 15.0 Å². The first kappa shape index (κ1) is 21.4. The Morgan fingerprint density at radius 2 is 1.66 bits per heavy atom. The number of nitrogens with one attached hydrogen (secondary N) is 1. The SMILES string of the molecule is Cc1ccc(COc2ccc(CNC3CCN(C(=O)CC(C)C)CC3)cc2)cc1. The zero-order valence-electron chi connectivity index (χ0n) is 18.0. The van der Waals surface area contributed by atoms with E-state index in [1.807, 2.05) is 17.0 Å². The molecule has 1 aliphatic heterocycles. The fraction of sp³-hybridized carbons (Fsp3) is 0.480. The molecule has 2 aromatic rings. The first-order chi connectivity index (χ1) is 14.0. The summed E-state index contributed by atoms with van der Waals surface area (Å²) in [5, 5.41) is 3.64. The molecule has 0 atom stereocenters. The summed E-state index contributed by atoms with van der Waals surface area (Å²) in [5.41, 5.74) is 3.70. The number of hydrogen-bond acceptors (Lipinski definition) is 3. The second kappa shape index (κ2) is 10.4. The van der Waals surface area contributed by atoms with E-state index in [9.17, 15) is 4.79 Å². The predicted molar refractivity (Wildman–Crippen MR) is 118 cm³/mol. The molecule has 4 nitrogen and oxygen atoms in total. The van der Waals surface area contributed by atoms with Crippen molar-refractivity contribution < 1.29 is 9.53 Å².